The van der Waals surface area contributed by atoms with Crippen molar-refractivity contribution in [1.29, 1.82) is 0 Å². The molecule has 2 aromatic rings. The van der Waals surface area contributed by atoms with Crippen molar-refractivity contribution in [3.63, 3.8) is 0 Å². The number of nitrogen functional groups attached to an aromatic ring is 1. The Labute approximate surface area is 146 Å². The molecule has 132 valence electrons. The highest BCUT2D eigenvalue weighted by molar-refractivity contribution is 5.68. The van der Waals surface area contributed by atoms with Crippen LogP contribution in [0.4, 0.5) is 11.8 Å². The number of nitrogens with two attached hydrogens (primary N) is 1. The topological polar surface area (TPSA) is 102 Å². The Morgan fingerprint density at radius 1 is 1.36 bits per heavy atom. The molecule has 3 N–H and O–H groups in total. The van der Waals surface area contributed by atoms with E-state index in [1.165, 1.54) is 0 Å². The fourth-order valence-electron chi connectivity index (χ4n) is 3.10. The van der Waals surface area contributed by atoms with Crippen molar-refractivity contribution in [1.82, 2.24) is 9.97 Å². The van der Waals surface area contributed by atoms with Crippen LogP contribution in [-0.4, -0.2) is 40.7 Å². The summed E-state index contributed by atoms with van der Waals surface area (Å²) in [5, 5.41) is 9.01. The summed E-state index contributed by atoms with van der Waals surface area (Å²) in [7, 11) is 0. The van der Waals surface area contributed by atoms with E-state index in [9.17, 15) is 4.79 Å². The Morgan fingerprint density at radius 2 is 2.12 bits per heavy atom. The molecule has 0 spiro atoms. The van der Waals surface area contributed by atoms with E-state index >= 15 is 0 Å². The van der Waals surface area contributed by atoms with Crippen LogP contribution in [0.25, 0.3) is 0 Å². The van der Waals surface area contributed by atoms with Crippen LogP contribution in [0.3, 0.4) is 0 Å². The number of aliphatic carboxylic acids is 1. The van der Waals surface area contributed by atoms with Gasteiger partial charge in [-0.15, -0.1) is 0 Å². The number of hydrogen-bond donors (Lipinski definition) is 2. The zero-order valence-electron chi connectivity index (χ0n) is 14.2. The van der Waals surface area contributed by atoms with Crippen molar-refractivity contribution in [2.75, 3.05) is 30.3 Å². The molecular formula is C18H22N4O3. The van der Waals surface area contributed by atoms with E-state index in [-0.39, 0.29) is 18.5 Å². The SMILES string of the molecule is Cc1nc(N)nc(N2CCOC(c3ccccc3)C2)c1CCC(=O)O. The van der Waals surface area contributed by atoms with Gasteiger partial charge in [-0.05, 0) is 18.9 Å². The van der Waals surface area contributed by atoms with Crippen molar-refractivity contribution in [3.05, 3.63) is 47.2 Å². The van der Waals surface area contributed by atoms with E-state index < -0.39 is 5.97 Å². The Balaban J connectivity index is 1.88. The molecule has 1 aliphatic heterocycles. The van der Waals surface area contributed by atoms with E-state index in [0.717, 1.165) is 22.6 Å². The van der Waals surface area contributed by atoms with Gasteiger partial charge in [0.05, 0.1) is 6.61 Å². The number of carboxylic acid groups (broad SMARTS) is 1. The lowest BCUT2D eigenvalue weighted by Gasteiger charge is -2.35. The van der Waals surface area contributed by atoms with Crippen molar-refractivity contribution >= 4 is 17.7 Å². The van der Waals surface area contributed by atoms with Gasteiger partial charge in [-0.3, -0.25) is 4.79 Å². The Kier molecular flexibility index (Phi) is 5.14. The van der Waals surface area contributed by atoms with Gasteiger partial charge >= 0.3 is 5.97 Å². The number of anilines is 2. The number of benzene rings is 1. The molecule has 25 heavy (non-hydrogen) atoms. The highest BCUT2D eigenvalue weighted by Gasteiger charge is 2.26. The molecule has 2 heterocycles. The number of morpholine rings is 1. The minimum atomic E-state index is -0.841. The van der Waals surface area contributed by atoms with Crippen LogP contribution in [0.5, 0.6) is 0 Å². The van der Waals surface area contributed by atoms with Gasteiger partial charge in [0.15, 0.2) is 0 Å². The zero-order valence-corrected chi connectivity index (χ0v) is 14.2. The third-order valence-electron chi connectivity index (χ3n) is 4.34. The van der Waals surface area contributed by atoms with Gasteiger partial charge in [-0.1, -0.05) is 30.3 Å². The summed E-state index contributed by atoms with van der Waals surface area (Å²) in [5.74, 6) is 0.0797. The van der Waals surface area contributed by atoms with Gasteiger partial charge in [0.25, 0.3) is 0 Å². The summed E-state index contributed by atoms with van der Waals surface area (Å²) >= 11 is 0. The number of hydrogen-bond acceptors (Lipinski definition) is 6. The second-order valence-electron chi connectivity index (χ2n) is 6.08. The first-order chi connectivity index (χ1) is 12.0. The second kappa shape index (κ2) is 7.48. The average Bonchev–Trinajstić information content (AvgIpc) is 2.61. The standard InChI is InChI=1S/C18H22N4O3/c1-12-14(7-8-16(23)24)17(21-18(19)20-12)22-9-10-25-15(11-22)13-5-3-2-4-6-13/h2-6,15H,7-11H2,1H3,(H,23,24)(H2,19,20,21). The third kappa shape index (κ3) is 4.06. The van der Waals surface area contributed by atoms with Crippen LogP contribution < -0.4 is 10.6 Å². The van der Waals surface area contributed by atoms with Crippen LogP contribution in [0.15, 0.2) is 30.3 Å². The van der Waals surface area contributed by atoms with E-state index in [1.807, 2.05) is 37.3 Å². The summed E-state index contributed by atoms with van der Waals surface area (Å²) in [4.78, 5) is 21.7. The molecule has 0 bridgehead atoms. The van der Waals surface area contributed by atoms with Crippen molar-refractivity contribution in [2.45, 2.75) is 25.9 Å². The summed E-state index contributed by atoms with van der Waals surface area (Å²) in [6, 6.07) is 10.0. The summed E-state index contributed by atoms with van der Waals surface area (Å²) in [5.41, 5.74) is 8.52. The number of aryl methyl sites for hydroxylation is 1. The Bertz CT molecular complexity index is 751. The molecule has 1 fully saturated rings. The molecule has 7 nitrogen and oxygen atoms in total. The normalized spacial score (nSPS) is 17.5. The second-order valence-corrected chi connectivity index (χ2v) is 6.08. The fourth-order valence-corrected chi connectivity index (χ4v) is 3.10. The molecule has 0 radical (unpaired) electrons. The zero-order chi connectivity index (χ0) is 17.8. The third-order valence-corrected chi connectivity index (χ3v) is 4.34. The van der Waals surface area contributed by atoms with Crippen molar-refractivity contribution in [2.24, 2.45) is 0 Å². The molecule has 0 amide bonds. The molecule has 0 saturated carbocycles. The predicted octanol–water partition coefficient (Wildman–Crippen LogP) is 1.96. The Morgan fingerprint density at radius 3 is 2.84 bits per heavy atom. The number of carboxylic acids is 1. The van der Waals surface area contributed by atoms with Gasteiger partial charge in [-0.2, -0.15) is 4.98 Å². The quantitative estimate of drug-likeness (QED) is 0.856. The maximum absolute atomic E-state index is 11.0. The van der Waals surface area contributed by atoms with Crippen LogP contribution in [0.2, 0.25) is 0 Å². The first kappa shape index (κ1) is 17.2. The van der Waals surface area contributed by atoms with Crippen molar-refractivity contribution in [3.8, 4) is 0 Å². The predicted molar refractivity (Wildman–Crippen MR) is 94.5 cm³/mol. The maximum atomic E-state index is 11.0. The molecule has 3 rings (SSSR count). The highest BCUT2D eigenvalue weighted by Crippen LogP contribution is 2.29. The number of ether oxygens (including phenoxy) is 1. The van der Waals surface area contributed by atoms with Crippen LogP contribution >= 0.6 is 0 Å². The van der Waals surface area contributed by atoms with Crippen LogP contribution in [0.1, 0.15) is 29.3 Å². The van der Waals surface area contributed by atoms with E-state index in [4.69, 9.17) is 15.6 Å². The minimum absolute atomic E-state index is 0.0353. The maximum Gasteiger partial charge on any atom is 0.303 e. The minimum Gasteiger partial charge on any atom is -0.481 e. The smallest absolute Gasteiger partial charge is 0.303 e. The van der Waals surface area contributed by atoms with Gasteiger partial charge in [0.1, 0.15) is 11.9 Å². The number of rotatable bonds is 5. The Hall–Kier alpha value is -2.67. The van der Waals surface area contributed by atoms with Gasteiger partial charge in [0.2, 0.25) is 5.95 Å². The molecule has 7 heteroatoms. The largest absolute Gasteiger partial charge is 0.481 e. The molecule has 1 saturated heterocycles. The first-order valence-electron chi connectivity index (χ1n) is 8.31. The fraction of sp³-hybridized carbons (Fsp3) is 0.389. The van der Waals surface area contributed by atoms with Gasteiger partial charge in [-0.25, -0.2) is 4.98 Å². The lowest BCUT2D eigenvalue weighted by molar-refractivity contribution is -0.136. The van der Waals surface area contributed by atoms with Crippen molar-refractivity contribution < 1.29 is 14.6 Å². The molecule has 1 unspecified atom stereocenters. The first-order valence-corrected chi connectivity index (χ1v) is 8.31. The van der Waals surface area contributed by atoms with E-state index in [0.29, 0.717) is 26.1 Å². The monoisotopic (exact) mass is 342 g/mol. The summed E-state index contributed by atoms with van der Waals surface area (Å²) in [6.07, 6.45) is 0.358. The van der Waals surface area contributed by atoms with Crippen LogP contribution in [-0.2, 0) is 16.0 Å². The van der Waals surface area contributed by atoms with Gasteiger partial charge in [0, 0.05) is 30.8 Å². The summed E-state index contributed by atoms with van der Waals surface area (Å²) in [6.45, 7) is 3.73. The molecule has 1 aromatic heterocycles. The van der Waals surface area contributed by atoms with E-state index in [2.05, 4.69) is 14.9 Å². The number of carbonyl (C=O) groups is 1. The molecule has 1 aromatic carbocycles. The number of aromatic nitrogens is 2. The lowest BCUT2D eigenvalue weighted by atomic mass is 10.1. The van der Waals surface area contributed by atoms with Crippen LogP contribution in [0, 0.1) is 6.92 Å². The molecular weight excluding hydrogens is 320 g/mol. The van der Waals surface area contributed by atoms with Gasteiger partial charge < -0.3 is 20.5 Å². The lowest BCUT2D eigenvalue weighted by Crippen LogP contribution is -2.39. The molecule has 1 aliphatic rings. The number of nitrogens with zero attached hydrogens (tertiary/aromatic N) is 3. The van der Waals surface area contributed by atoms with E-state index in [1.54, 1.807) is 0 Å². The molecule has 1 atom stereocenters. The highest BCUT2D eigenvalue weighted by atomic mass is 16.5. The molecule has 0 aliphatic carbocycles. The summed E-state index contributed by atoms with van der Waals surface area (Å²) < 4.78 is 5.90. The average molecular weight is 342 g/mol.